The lowest BCUT2D eigenvalue weighted by atomic mass is 10.1. The molecule has 2 aromatic rings. The van der Waals surface area contributed by atoms with Crippen molar-refractivity contribution < 1.29 is 23.9 Å². The molecule has 200 valence electrons. The molecule has 0 spiro atoms. The van der Waals surface area contributed by atoms with Crippen LogP contribution in [-0.4, -0.2) is 91.5 Å². The number of urea groups is 1. The number of carbonyl (C=O) groups excluding carboxylic acids is 3. The van der Waals surface area contributed by atoms with Crippen molar-refractivity contribution in [1.82, 2.24) is 24.8 Å². The van der Waals surface area contributed by atoms with Crippen LogP contribution >= 0.6 is 11.5 Å². The second-order valence-electron chi connectivity index (χ2n) is 9.30. The Hall–Kier alpha value is -3.22. The summed E-state index contributed by atoms with van der Waals surface area (Å²) in [5, 5.41) is 8.72. The fourth-order valence-corrected chi connectivity index (χ4v) is 4.63. The summed E-state index contributed by atoms with van der Waals surface area (Å²) in [6.45, 7) is 5.71. The molecule has 2 aliphatic rings. The molecule has 3 amide bonds. The number of piperazine rings is 1. The first-order chi connectivity index (χ1) is 17.9. The first-order valence-electron chi connectivity index (χ1n) is 12.5. The summed E-state index contributed by atoms with van der Waals surface area (Å²) in [5.74, 6) is -0.712. The standard InChI is InChI=1S/C25H34N6O5S/c1-30-11-13-31(14-12-30)10-4-9-26-25(34)28-23-20(24(33)35-2)22(29-37-23)36-16-17-5-3-6-18(15-17)21(32)27-19-7-8-19/h3,5-6,15,19H,4,7-14,16H2,1-2H3,(H,27,32)(H2,26,28,34). The van der Waals surface area contributed by atoms with Gasteiger partial charge in [0, 0.05) is 44.3 Å². The predicted molar refractivity (Wildman–Crippen MR) is 140 cm³/mol. The summed E-state index contributed by atoms with van der Waals surface area (Å²) in [4.78, 5) is 41.9. The molecule has 4 rings (SSSR count). The van der Waals surface area contributed by atoms with Crippen molar-refractivity contribution in [3.05, 3.63) is 41.0 Å². The minimum Gasteiger partial charge on any atom is -0.472 e. The van der Waals surface area contributed by atoms with Gasteiger partial charge in [-0.25, -0.2) is 9.59 Å². The lowest BCUT2D eigenvalue weighted by molar-refractivity contribution is 0.0596. The average Bonchev–Trinajstić information content (AvgIpc) is 3.63. The van der Waals surface area contributed by atoms with Gasteiger partial charge >= 0.3 is 12.0 Å². The quantitative estimate of drug-likeness (QED) is 0.298. The Morgan fingerprint density at radius 3 is 2.68 bits per heavy atom. The Morgan fingerprint density at radius 2 is 1.95 bits per heavy atom. The highest BCUT2D eigenvalue weighted by Crippen LogP contribution is 2.32. The third kappa shape index (κ3) is 7.88. The summed E-state index contributed by atoms with van der Waals surface area (Å²) in [6.07, 6.45) is 2.86. The van der Waals surface area contributed by atoms with E-state index in [9.17, 15) is 14.4 Å². The van der Waals surface area contributed by atoms with Crippen molar-refractivity contribution in [2.24, 2.45) is 0 Å². The molecule has 0 bridgehead atoms. The maximum atomic E-state index is 12.5. The molecule has 37 heavy (non-hydrogen) atoms. The molecule has 1 aromatic heterocycles. The molecule has 0 unspecified atom stereocenters. The second-order valence-corrected chi connectivity index (χ2v) is 10.1. The molecule has 1 saturated heterocycles. The molecule has 1 aromatic carbocycles. The SMILES string of the molecule is COC(=O)c1c(OCc2cccc(C(=O)NC3CC3)c2)nsc1NC(=O)NCCCN1CCN(C)CC1. The van der Waals surface area contributed by atoms with Gasteiger partial charge in [-0.3, -0.25) is 10.1 Å². The zero-order valence-corrected chi connectivity index (χ0v) is 22.1. The Bertz CT molecular complexity index is 1100. The summed E-state index contributed by atoms with van der Waals surface area (Å²) < 4.78 is 14.9. The van der Waals surface area contributed by atoms with E-state index in [0.717, 1.165) is 69.1 Å². The van der Waals surface area contributed by atoms with E-state index in [1.54, 1.807) is 18.2 Å². The number of rotatable bonds is 11. The van der Waals surface area contributed by atoms with Gasteiger partial charge < -0.3 is 29.9 Å². The smallest absolute Gasteiger partial charge is 0.346 e. The van der Waals surface area contributed by atoms with Crippen LogP contribution in [0.15, 0.2) is 24.3 Å². The van der Waals surface area contributed by atoms with Crippen LogP contribution in [0.2, 0.25) is 0 Å². The number of nitrogens with one attached hydrogen (secondary N) is 3. The summed E-state index contributed by atoms with van der Waals surface area (Å²) in [6, 6.07) is 6.95. The number of carbonyl (C=O) groups is 3. The molecule has 2 heterocycles. The number of methoxy groups -OCH3 is 1. The van der Waals surface area contributed by atoms with Gasteiger partial charge in [-0.2, -0.15) is 4.37 Å². The Morgan fingerprint density at radius 1 is 1.16 bits per heavy atom. The fraction of sp³-hybridized carbons (Fsp3) is 0.520. The maximum absolute atomic E-state index is 12.5. The van der Waals surface area contributed by atoms with Gasteiger partial charge in [0.05, 0.1) is 7.11 Å². The number of anilines is 1. The molecule has 3 N–H and O–H groups in total. The van der Waals surface area contributed by atoms with Gasteiger partial charge in [0.25, 0.3) is 5.91 Å². The van der Waals surface area contributed by atoms with E-state index in [0.29, 0.717) is 12.1 Å². The normalized spacial score (nSPS) is 16.2. The van der Waals surface area contributed by atoms with Crippen LogP contribution in [0, 0.1) is 0 Å². The fourth-order valence-electron chi connectivity index (χ4n) is 3.92. The average molecular weight is 531 g/mol. The largest absolute Gasteiger partial charge is 0.472 e. The highest BCUT2D eigenvalue weighted by atomic mass is 32.1. The van der Waals surface area contributed by atoms with Crippen LogP contribution in [0.4, 0.5) is 9.80 Å². The van der Waals surface area contributed by atoms with Crippen LogP contribution in [0.1, 0.15) is 45.5 Å². The number of aromatic nitrogens is 1. The van der Waals surface area contributed by atoms with Crippen molar-refractivity contribution in [2.45, 2.75) is 31.9 Å². The van der Waals surface area contributed by atoms with Gasteiger partial charge in [0.2, 0.25) is 5.88 Å². The third-order valence-electron chi connectivity index (χ3n) is 6.29. The molecule has 1 aliphatic heterocycles. The topological polar surface area (TPSA) is 125 Å². The zero-order valence-electron chi connectivity index (χ0n) is 21.2. The van der Waals surface area contributed by atoms with Crippen molar-refractivity contribution in [2.75, 3.05) is 58.7 Å². The van der Waals surface area contributed by atoms with Crippen LogP contribution < -0.4 is 20.7 Å². The molecule has 0 atom stereocenters. The van der Waals surface area contributed by atoms with Gasteiger partial charge in [-0.1, -0.05) is 12.1 Å². The zero-order chi connectivity index (χ0) is 26.2. The Labute approximate surface area is 220 Å². The van der Waals surface area contributed by atoms with Crippen molar-refractivity contribution in [3.8, 4) is 5.88 Å². The molecule has 12 heteroatoms. The number of ether oxygens (including phenoxy) is 2. The molecule has 11 nitrogen and oxygen atoms in total. The van der Waals surface area contributed by atoms with Crippen LogP contribution in [0.25, 0.3) is 0 Å². The first-order valence-corrected chi connectivity index (χ1v) is 13.3. The van der Waals surface area contributed by atoms with Crippen molar-refractivity contribution >= 4 is 34.4 Å². The minimum atomic E-state index is -0.660. The monoisotopic (exact) mass is 530 g/mol. The van der Waals surface area contributed by atoms with E-state index in [1.165, 1.54) is 7.11 Å². The lowest BCUT2D eigenvalue weighted by Crippen LogP contribution is -2.45. The minimum absolute atomic E-state index is 0.0581. The second kappa shape index (κ2) is 12.8. The molecule has 2 fully saturated rings. The summed E-state index contributed by atoms with van der Waals surface area (Å²) in [5.41, 5.74) is 1.36. The molecule has 1 saturated carbocycles. The maximum Gasteiger partial charge on any atom is 0.346 e. The van der Waals surface area contributed by atoms with E-state index < -0.39 is 12.0 Å². The number of nitrogens with zero attached hydrogens (tertiary/aromatic N) is 3. The van der Waals surface area contributed by atoms with Crippen LogP contribution in [0.3, 0.4) is 0 Å². The molecular formula is C25H34N6O5S. The van der Waals surface area contributed by atoms with E-state index >= 15 is 0 Å². The highest BCUT2D eigenvalue weighted by molar-refractivity contribution is 7.11. The number of hydrogen-bond donors (Lipinski definition) is 3. The van der Waals surface area contributed by atoms with Gasteiger partial charge in [-0.05, 0) is 62.1 Å². The van der Waals surface area contributed by atoms with Gasteiger partial charge in [0.1, 0.15) is 11.6 Å². The van der Waals surface area contributed by atoms with Crippen molar-refractivity contribution in [1.29, 1.82) is 0 Å². The highest BCUT2D eigenvalue weighted by Gasteiger charge is 2.26. The first kappa shape index (κ1) is 26.8. The number of amides is 3. The van der Waals surface area contributed by atoms with Gasteiger partial charge in [0.15, 0.2) is 5.56 Å². The lowest BCUT2D eigenvalue weighted by Gasteiger charge is -2.32. The number of hydrogen-bond acceptors (Lipinski definition) is 9. The summed E-state index contributed by atoms with van der Waals surface area (Å²) in [7, 11) is 3.38. The molecule has 1 aliphatic carbocycles. The Balaban J connectivity index is 1.29. The number of esters is 1. The number of benzene rings is 1. The van der Waals surface area contributed by atoms with Gasteiger partial charge in [-0.15, -0.1) is 0 Å². The van der Waals surface area contributed by atoms with E-state index in [-0.39, 0.29) is 35.0 Å². The van der Waals surface area contributed by atoms with Crippen LogP contribution in [-0.2, 0) is 11.3 Å². The van der Waals surface area contributed by atoms with Crippen LogP contribution in [0.5, 0.6) is 5.88 Å². The molecular weight excluding hydrogens is 496 g/mol. The predicted octanol–water partition coefficient (Wildman–Crippen LogP) is 2.16. The Kier molecular flexibility index (Phi) is 9.31. The molecule has 0 radical (unpaired) electrons. The van der Waals surface area contributed by atoms with E-state index in [2.05, 4.69) is 37.2 Å². The number of likely N-dealkylation sites (N-methyl/N-ethyl adjacent to an activating group) is 1. The van der Waals surface area contributed by atoms with E-state index in [1.807, 2.05) is 6.07 Å². The van der Waals surface area contributed by atoms with Crippen molar-refractivity contribution in [3.63, 3.8) is 0 Å². The van der Waals surface area contributed by atoms with E-state index in [4.69, 9.17) is 9.47 Å². The summed E-state index contributed by atoms with van der Waals surface area (Å²) >= 11 is 0.943. The third-order valence-corrected chi connectivity index (χ3v) is 7.03.